The average molecular weight is 626 g/mol. The monoisotopic (exact) mass is 625 g/mol. The Balaban J connectivity index is 1.23. The molecule has 0 radical (unpaired) electrons. The van der Waals surface area contributed by atoms with Gasteiger partial charge in [0, 0.05) is 33.0 Å². The Morgan fingerprint density at radius 3 is 1.80 bits per heavy atom. The minimum absolute atomic E-state index is 0.600. The van der Waals surface area contributed by atoms with E-state index in [-0.39, 0.29) is 0 Å². The standard InChI is InChI=1S/C45H27N3O/c1-2-12-31(13-3-1)43-46-44(34-23-21-30-20-19-29-11-6-7-15-35(29)39(30)27-34)48-45(47-43)38-25-24-36(33-22-18-28-10-4-5-14-32(28)26-33)42-41(38)37-16-8-9-17-40(37)49-42/h1-27H. The lowest BCUT2D eigenvalue weighted by Crippen LogP contribution is -2.00. The third-order valence-electron chi connectivity index (χ3n) is 9.50. The summed E-state index contributed by atoms with van der Waals surface area (Å²) in [7, 11) is 0. The summed E-state index contributed by atoms with van der Waals surface area (Å²) in [5, 5.41) is 9.15. The summed E-state index contributed by atoms with van der Waals surface area (Å²) >= 11 is 0. The van der Waals surface area contributed by atoms with Crippen LogP contribution in [0.25, 0.3) is 99.5 Å². The predicted molar refractivity (Wildman–Crippen MR) is 201 cm³/mol. The molecule has 0 atom stereocenters. The number of hydrogen-bond acceptors (Lipinski definition) is 4. The number of para-hydroxylation sites is 1. The van der Waals surface area contributed by atoms with Gasteiger partial charge in [-0.25, -0.2) is 15.0 Å². The van der Waals surface area contributed by atoms with Crippen LogP contribution in [0, 0.1) is 0 Å². The maximum atomic E-state index is 6.66. The first-order valence-corrected chi connectivity index (χ1v) is 16.4. The number of hydrogen-bond donors (Lipinski definition) is 0. The van der Waals surface area contributed by atoms with Crippen LogP contribution in [0.1, 0.15) is 0 Å². The smallest absolute Gasteiger partial charge is 0.164 e. The number of aromatic nitrogens is 3. The molecule has 0 amide bonds. The zero-order valence-corrected chi connectivity index (χ0v) is 26.3. The lowest BCUT2D eigenvalue weighted by Gasteiger charge is -2.12. The van der Waals surface area contributed by atoms with Crippen molar-refractivity contribution in [2.45, 2.75) is 0 Å². The second-order valence-corrected chi connectivity index (χ2v) is 12.4. The van der Waals surface area contributed by atoms with E-state index >= 15 is 0 Å². The molecule has 10 aromatic rings. The zero-order chi connectivity index (χ0) is 32.3. The summed E-state index contributed by atoms with van der Waals surface area (Å²) < 4.78 is 6.66. The highest BCUT2D eigenvalue weighted by molar-refractivity contribution is 6.16. The van der Waals surface area contributed by atoms with Crippen molar-refractivity contribution >= 4 is 54.3 Å². The van der Waals surface area contributed by atoms with Gasteiger partial charge in [0.05, 0.1) is 0 Å². The van der Waals surface area contributed by atoms with Crippen molar-refractivity contribution in [1.82, 2.24) is 15.0 Å². The van der Waals surface area contributed by atoms with E-state index in [1.165, 1.54) is 32.3 Å². The first-order chi connectivity index (χ1) is 24.3. The van der Waals surface area contributed by atoms with Crippen LogP contribution >= 0.6 is 0 Å². The fraction of sp³-hybridized carbons (Fsp3) is 0. The molecule has 0 unspecified atom stereocenters. The Morgan fingerprint density at radius 2 is 0.939 bits per heavy atom. The number of fused-ring (bicyclic) bond motifs is 7. The Kier molecular flexibility index (Phi) is 6.15. The molecule has 10 rings (SSSR count). The molecule has 0 fully saturated rings. The first-order valence-electron chi connectivity index (χ1n) is 16.4. The lowest BCUT2D eigenvalue weighted by atomic mass is 9.96. The van der Waals surface area contributed by atoms with E-state index in [2.05, 4.69) is 121 Å². The molecule has 0 saturated heterocycles. The van der Waals surface area contributed by atoms with Crippen molar-refractivity contribution < 1.29 is 4.42 Å². The van der Waals surface area contributed by atoms with Crippen LogP contribution in [0.4, 0.5) is 0 Å². The van der Waals surface area contributed by atoms with Gasteiger partial charge >= 0.3 is 0 Å². The highest BCUT2D eigenvalue weighted by Gasteiger charge is 2.21. The van der Waals surface area contributed by atoms with Gasteiger partial charge in [-0.3, -0.25) is 0 Å². The van der Waals surface area contributed by atoms with Crippen molar-refractivity contribution in [3.8, 4) is 45.3 Å². The van der Waals surface area contributed by atoms with E-state index in [0.717, 1.165) is 49.8 Å². The van der Waals surface area contributed by atoms with E-state index in [4.69, 9.17) is 19.4 Å². The number of nitrogens with zero attached hydrogens (tertiary/aromatic N) is 3. The molecule has 4 nitrogen and oxygen atoms in total. The minimum atomic E-state index is 0.600. The van der Waals surface area contributed by atoms with Gasteiger partial charge < -0.3 is 4.42 Å². The highest BCUT2D eigenvalue weighted by Crippen LogP contribution is 2.42. The van der Waals surface area contributed by atoms with E-state index in [9.17, 15) is 0 Å². The maximum Gasteiger partial charge on any atom is 0.164 e. The summed E-state index contributed by atoms with van der Waals surface area (Å²) in [6, 6.07) is 56.9. The molecule has 0 aliphatic carbocycles. The van der Waals surface area contributed by atoms with Crippen molar-refractivity contribution in [3.63, 3.8) is 0 Å². The van der Waals surface area contributed by atoms with Gasteiger partial charge in [-0.15, -0.1) is 0 Å². The van der Waals surface area contributed by atoms with Gasteiger partial charge in [0.1, 0.15) is 11.2 Å². The molecule has 2 aromatic heterocycles. The molecular weight excluding hydrogens is 599 g/mol. The first kappa shape index (κ1) is 27.5. The third kappa shape index (κ3) is 4.57. The fourth-order valence-electron chi connectivity index (χ4n) is 7.08. The largest absolute Gasteiger partial charge is 0.455 e. The normalized spacial score (nSPS) is 11.7. The quantitative estimate of drug-likeness (QED) is 0.183. The van der Waals surface area contributed by atoms with Gasteiger partial charge in [0.15, 0.2) is 17.5 Å². The summed E-state index contributed by atoms with van der Waals surface area (Å²) in [6.07, 6.45) is 0. The molecule has 49 heavy (non-hydrogen) atoms. The third-order valence-corrected chi connectivity index (χ3v) is 9.50. The molecule has 8 aromatic carbocycles. The Bertz CT molecular complexity index is 2890. The highest BCUT2D eigenvalue weighted by atomic mass is 16.3. The Hall–Kier alpha value is -6.65. The van der Waals surface area contributed by atoms with Crippen LogP contribution in [0.2, 0.25) is 0 Å². The van der Waals surface area contributed by atoms with Crippen molar-refractivity contribution in [2.75, 3.05) is 0 Å². The zero-order valence-electron chi connectivity index (χ0n) is 26.3. The van der Waals surface area contributed by atoms with Crippen LogP contribution in [-0.4, -0.2) is 15.0 Å². The molecule has 2 heterocycles. The van der Waals surface area contributed by atoms with Crippen LogP contribution in [0.3, 0.4) is 0 Å². The SMILES string of the molecule is c1ccc(-c2nc(-c3ccc4ccc5ccccc5c4c3)nc(-c3ccc(-c4ccc5ccccc5c4)c4oc5ccccc5c34)n2)cc1. The van der Waals surface area contributed by atoms with Crippen molar-refractivity contribution in [3.05, 3.63) is 164 Å². The van der Waals surface area contributed by atoms with Gasteiger partial charge in [0.25, 0.3) is 0 Å². The number of furan rings is 1. The maximum absolute atomic E-state index is 6.66. The molecule has 0 aliphatic heterocycles. The Morgan fingerprint density at radius 1 is 0.347 bits per heavy atom. The van der Waals surface area contributed by atoms with Crippen LogP contribution in [0.15, 0.2) is 168 Å². The summed E-state index contributed by atoms with van der Waals surface area (Å²) in [5.41, 5.74) is 6.53. The van der Waals surface area contributed by atoms with Crippen LogP contribution in [0.5, 0.6) is 0 Å². The molecular formula is C45H27N3O. The molecule has 0 saturated carbocycles. The number of benzene rings is 8. The average Bonchev–Trinajstić information content (AvgIpc) is 3.57. The van der Waals surface area contributed by atoms with Gasteiger partial charge in [-0.1, -0.05) is 133 Å². The van der Waals surface area contributed by atoms with E-state index in [1.807, 2.05) is 42.5 Å². The Labute approximate surface area is 282 Å². The lowest BCUT2D eigenvalue weighted by molar-refractivity contribution is 0.670. The fourth-order valence-corrected chi connectivity index (χ4v) is 7.08. The summed E-state index contributed by atoms with van der Waals surface area (Å²) in [5.74, 6) is 1.85. The molecule has 0 aliphatic rings. The van der Waals surface area contributed by atoms with Gasteiger partial charge in [-0.05, 0) is 68.2 Å². The molecule has 228 valence electrons. The molecule has 0 bridgehead atoms. The second kappa shape index (κ2) is 11.0. The summed E-state index contributed by atoms with van der Waals surface area (Å²) in [6.45, 7) is 0. The topological polar surface area (TPSA) is 51.8 Å². The van der Waals surface area contributed by atoms with E-state index < -0.39 is 0 Å². The predicted octanol–water partition coefficient (Wildman–Crippen LogP) is 11.9. The van der Waals surface area contributed by atoms with E-state index in [0.29, 0.717) is 17.5 Å². The van der Waals surface area contributed by atoms with E-state index in [1.54, 1.807) is 0 Å². The molecule has 0 spiro atoms. The van der Waals surface area contributed by atoms with Crippen molar-refractivity contribution in [1.29, 1.82) is 0 Å². The second-order valence-electron chi connectivity index (χ2n) is 12.4. The van der Waals surface area contributed by atoms with Gasteiger partial charge in [-0.2, -0.15) is 0 Å². The van der Waals surface area contributed by atoms with Crippen LogP contribution in [-0.2, 0) is 0 Å². The van der Waals surface area contributed by atoms with Crippen molar-refractivity contribution in [2.24, 2.45) is 0 Å². The molecule has 4 heteroatoms. The minimum Gasteiger partial charge on any atom is -0.455 e. The van der Waals surface area contributed by atoms with Gasteiger partial charge in [0.2, 0.25) is 0 Å². The molecule has 0 N–H and O–H groups in total. The number of rotatable bonds is 4. The van der Waals surface area contributed by atoms with Crippen LogP contribution < -0.4 is 0 Å². The summed E-state index contributed by atoms with van der Waals surface area (Å²) in [4.78, 5) is 15.4.